The second-order valence-corrected chi connectivity index (χ2v) is 6.94. The van der Waals surface area contributed by atoms with E-state index in [1.54, 1.807) is 0 Å². The molecule has 112 valence electrons. The zero-order chi connectivity index (χ0) is 14.7. The summed E-state index contributed by atoms with van der Waals surface area (Å²) in [5.41, 5.74) is 2.68. The summed E-state index contributed by atoms with van der Waals surface area (Å²) < 4.78 is 13.2. The summed E-state index contributed by atoms with van der Waals surface area (Å²) in [4.78, 5) is 5.07. The minimum Gasteiger partial charge on any atom is -0.298 e. The molecule has 1 aliphatic rings. The zero-order valence-electron chi connectivity index (χ0n) is 12.5. The van der Waals surface area contributed by atoms with Gasteiger partial charge in [0.05, 0.1) is 0 Å². The van der Waals surface area contributed by atoms with Crippen LogP contribution in [0.2, 0.25) is 0 Å². The minimum atomic E-state index is -0.586. The number of hydrogen-bond acceptors (Lipinski definition) is 2. The monoisotopic (exact) mass is 303 g/mol. The second-order valence-electron chi connectivity index (χ2n) is 5.77. The van der Waals surface area contributed by atoms with E-state index in [-0.39, 0.29) is 0 Å². The third kappa shape index (κ3) is 3.72. The minimum absolute atomic E-state index is 0.586. The Bertz CT molecular complexity index is 567. The number of alkyl halides is 1. The number of nitrogens with zero attached hydrogens (tertiary/aromatic N) is 1. The van der Waals surface area contributed by atoms with E-state index in [2.05, 4.69) is 48.2 Å². The predicted octanol–water partition coefficient (Wildman–Crippen LogP) is 4.91. The van der Waals surface area contributed by atoms with Gasteiger partial charge < -0.3 is 0 Å². The number of thiophene rings is 1. The van der Waals surface area contributed by atoms with Crippen molar-refractivity contribution in [3.8, 4) is 10.4 Å². The topological polar surface area (TPSA) is 3.24 Å². The Hall–Kier alpha value is -1.19. The lowest BCUT2D eigenvalue weighted by molar-refractivity contribution is 0.146. The standard InChI is InChI=1S/C18H22FNS/c1-2-14-3-5-15(6-4-14)18-8-7-17(21-18)13-20-11-9-16(19)10-12-20/h3-8,16H,2,9-13H2,1H3. The smallest absolute Gasteiger partial charge is 0.103 e. The quantitative estimate of drug-likeness (QED) is 0.775. The first-order valence-electron chi connectivity index (χ1n) is 7.79. The highest BCUT2D eigenvalue weighted by atomic mass is 32.1. The van der Waals surface area contributed by atoms with Crippen molar-refractivity contribution in [2.75, 3.05) is 13.1 Å². The Balaban J connectivity index is 1.65. The number of piperidine rings is 1. The molecule has 0 amide bonds. The van der Waals surface area contributed by atoms with Crippen molar-refractivity contribution < 1.29 is 4.39 Å². The Labute approximate surface area is 130 Å². The van der Waals surface area contributed by atoms with Gasteiger partial charge in [0.1, 0.15) is 6.17 Å². The van der Waals surface area contributed by atoms with Crippen LogP contribution in [-0.4, -0.2) is 24.2 Å². The molecule has 1 aliphatic heterocycles. The summed E-state index contributed by atoms with van der Waals surface area (Å²) in [6.07, 6.45) is 1.88. The number of aryl methyl sites for hydroxylation is 1. The van der Waals surface area contributed by atoms with Crippen LogP contribution >= 0.6 is 11.3 Å². The van der Waals surface area contributed by atoms with Crippen molar-refractivity contribution in [3.63, 3.8) is 0 Å². The van der Waals surface area contributed by atoms with E-state index in [0.29, 0.717) is 12.8 Å². The highest BCUT2D eigenvalue weighted by Gasteiger charge is 2.18. The number of hydrogen-bond donors (Lipinski definition) is 0. The van der Waals surface area contributed by atoms with Gasteiger partial charge in [-0.3, -0.25) is 4.90 Å². The van der Waals surface area contributed by atoms with Crippen molar-refractivity contribution in [2.24, 2.45) is 0 Å². The van der Waals surface area contributed by atoms with Crippen LogP contribution in [0.15, 0.2) is 36.4 Å². The Kier molecular flexibility index (Phi) is 4.71. The first-order chi connectivity index (χ1) is 10.2. The molecule has 0 unspecified atom stereocenters. The molecule has 0 bridgehead atoms. The van der Waals surface area contributed by atoms with Crippen LogP contribution in [-0.2, 0) is 13.0 Å². The molecular formula is C18H22FNS. The molecule has 1 saturated heterocycles. The van der Waals surface area contributed by atoms with Crippen LogP contribution in [0, 0.1) is 0 Å². The molecule has 2 heterocycles. The third-order valence-corrected chi connectivity index (χ3v) is 5.32. The van der Waals surface area contributed by atoms with Gasteiger partial charge in [0.25, 0.3) is 0 Å². The summed E-state index contributed by atoms with van der Waals surface area (Å²) in [5, 5.41) is 0. The zero-order valence-corrected chi connectivity index (χ0v) is 13.3. The molecule has 0 aliphatic carbocycles. The summed E-state index contributed by atoms with van der Waals surface area (Å²) in [6, 6.07) is 13.3. The lowest BCUT2D eigenvalue weighted by Gasteiger charge is -2.27. The normalized spacial score (nSPS) is 17.2. The van der Waals surface area contributed by atoms with Gasteiger partial charge in [-0.15, -0.1) is 11.3 Å². The van der Waals surface area contributed by atoms with E-state index >= 15 is 0 Å². The molecule has 0 spiro atoms. The van der Waals surface area contributed by atoms with Crippen LogP contribution < -0.4 is 0 Å². The number of likely N-dealkylation sites (tertiary alicyclic amines) is 1. The summed E-state index contributed by atoms with van der Waals surface area (Å²) >= 11 is 1.86. The van der Waals surface area contributed by atoms with E-state index in [4.69, 9.17) is 0 Å². The number of halogens is 1. The fourth-order valence-corrected chi connectivity index (χ4v) is 3.86. The summed E-state index contributed by atoms with van der Waals surface area (Å²) in [6.45, 7) is 4.92. The number of benzene rings is 1. The molecule has 1 aromatic carbocycles. The van der Waals surface area contributed by atoms with Gasteiger partial charge in [-0.05, 0) is 42.5 Å². The third-order valence-electron chi connectivity index (χ3n) is 4.20. The maximum Gasteiger partial charge on any atom is 0.103 e. The molecule has 1 fully saturated rings. The van der Waals surface area contributed by atoms with Gasteiger partial charge in [0.15, 0.2) is 0 Å². The van der Waals surface area contributed by atoms with Crippen LogP contribution in [0.5, 0.6) is 0 Å². The summed E-state index contributed by atoms with van der Waals surface area (Å²) in [7, 11) is 0. The van der Waals surface area contributed by atoms with Crippen molar-refractivity contribution in [1.82, 2.24) is 4.90 Å². The fourth-order valence-electron chi connectivity index (χ4n) is 2.80. The average molecular weight is 303 g/mol. The second kappa shape index (κ2) is 6.71. The molecule has 0 saturated carbocycles. The molecule has 3 rings (SSSR count). The lowest BCUT2D eigenvalue weighted by atomic mass is 10.1. The van der Waals surface area contributed by atoms with E-state index < -0.39 is 6.17 Å². The van der Waals surface area contributed by atoms with Crippen LogP contribution in [0.1, 0.15) is 30.2 Å². The average Bonchev–Trinajstić information content (AvgIpc) is 2.98. The Morgan fingerprint density at radius 3 is 2.48 bits per heavy atom. The largest absolute Gasteiger partial charge is 0.298 e. The van der Waals surface area contributed by atoms with Crippen molar-refractivity contribution in [2.45, 2.75) is 38.9 Å². The van der Waals surface area contributed by atoms with E-state index in [1.165, 1.54) is 20.9 Å². The van der Waals surface area contributed by atoms with E-state index in [1.807, 2.05) is 11.3 Å². The van der Waals surface area contributed by atoms with Crippen LogP contribution in [0.4, 0.5) is 4.39 Å². The SMILES string of the molecule is CCc1ccc(-c2ccc(CN3CCC(F)CC3)s2)cc1. The van der Waals surface area contributed by atoms with Gasteiger partial charge >= 0.3 is 0 Å². The Morgan fingerprint density at radius 1 is 1.10 bits per heavy atom. The molecule has 0 N–H and O–H groups in total. The molecule has 0 atom stereocenters. The molecular weight excluding hydrogens is 281 g/mol. The van der Waals surface area contributed by atoms with E-state index in [0.717, 1.165) is 26.1 Å². The van der Waals surface area contributed by atoms with Crippen molar-refractivity contribution in [1.29, 1.82) is 0 Å². The molecule has 3 heteroatoms. The van der Waals surface area contributed by atoms with Gasteiger partial charge in [-0.1, -0.05) is 31.2 Å². The first-order valence-corrected chi connectivity index (χ1v) is 8.60. The number of rotatable bonds is 4. The van der Waals surface area contributed by atoms with Crippen LogP contribution in [0.25, 0.3) is 10.4 Å². The predicted molar refractivity (Wildman–Crippen MR) is 88.5 cm³/mol. The van der Waals surface area contributed by atoms with E-state index in [9.17, 15) is 4.39 Å². The Morgan fingerprint density at radius 2 is 1.81 bits per heavy atom. The maximum atomic E-state index is 13.2. The molecule has 1 nitrogen and oxygen atoms in total. The summed E-state index contributed by atoms with van der Waals surface area (Å²) in [5.74, 6) is 0. The highest BCUT2D eigenvalue weighted by molar-refractivity contribution is 7.15. The molecule has 21 heavy (non-hydrogen) atoms. The lowest BCUT2D eigenvalue weighted by Crippen LogP contribution is -2.33. The first kappa shape index (κ1) is 14.7. The van der Waals surface area contributed by atoms with Crippen LogP contribution in [0.3, 0.4) is 0 Å². The van der Waals surface area contributed by atoms with Crippen molar-refractivity contribution in [3.05, 3.63) is 46.8 Å². The van der Waals surface area contributed by atoms with Gasteiger partial charge in [0.2, 0.25) is 0 Å². The molecule has 0 radical (unpaired) electrons. The fraction of sp³-hybridized carbons (Fsp3) is 0.444. The highest BCUT2D eigenvalue weighted by Crippen LogP contribution is 2.29. The van der Waals surface area contributed by atoms with Gasteiger partial charge in [-0.2, -0.15) is 0 Å². The van der Waals surface area contributed by atoms with Crippen molar-refractivity contribution >= 4 is 11.3 Å². The maximum absolute atomic E-state index is 13.2. The van der Waals surface area contributed by atoms with Gasteiger partial charge in [-0.25, -0.2) is 4.39 Å². The molecule has 1 aromatic heterocycles. The van der Waals surface area contributed by atoms with Gasteiger partial charge in [0, 0.05) is 29.4 Å². The molecule has 2 aromatic rings.